The summed E-state index contributed by atoms with van der Waals surface area (Å²) in [6.45, 7) is 0. The summed E-state index contributed by atoms with van der Waals surface area (Å²) < 4.78 is 0.811. The minimum absolute atomic E-state index is 0.264. The Hall–Kier alpha value is -2.83. The smallest absolute Gasteiger partial charge is 0.276 e. The van der Waals surface area contributed by atoms with Crippen molar-refractivity contribution in [3.8, 4) is 0 Å². The van der Waals surface area contributed by atoms with Crippen molar-refractivity contribution in [2.45, 2.75) is 5.66 Å². The van der Waals surface area contributed by atoms with Crippen molar-refractivity contribution in [1.82, 2.24) is 0 Å². The molecule has 0 saturated heterocycles. The number of nitrogens with zero attached hydrogens (tertiary/aromatic N) is 1. The molecule has 1 unspecified atom stereocenters. The Labute approximate surface area is 174 Å². The number of rotatable bonds is 1. The van der Waals surface area contributed by atoms with Crippen LogP contribution >= 0.6 is 27.5 Å². The van der Waals surface area contributed by atoms with Crippen molar-refractivity contribution >= 4 is 56.4 Å². The third-order valence-electron chi connectivity index (χ3n) is 5.04. The van der Waals surface area contributed by atoms with Gasteiger partial charge in [-0.05, 0) is 54.6 Å². The van der Waals surface area contributed by atoms with Gasteiger partial charge >= 0.3 is 0 Å². The number of anilines is 3. The summed E-state index contributed by atoms with van der Waals surface area (Å²) >= 11 is 9.52. The van der Waals surface area contributed by atoms with E-state index < -0.39 is 5.66 Å². The molecule has 0 bridgehead atoms. The average Bonchev–Trinajstić information content (AvgIpc) is 2.95. The van der Waals surface area contributed by atoms with Crippen LogP contribution in [0.25, 0.3) is 0 Å². The normalized spacial score (nSPS) is 19.9. The van der Waals surface area contributed by atoms with Crippen molar-refractivity contribution < 1.29 is 9.59 Å². The van der Waals surface area contributed by atoms with E-state index in [1.165, 1.54) is 4.90 Å². The molecule has 0 fully saturated rings. The Bertz CT molecular complexity index is 1150. The van der Waals surface area contributed by atoms with Crippen LogP contribution in [-0.2, 0) is 10.5 Å². The highest BCUT2D eigenvalue weighted by Gasteiger charge is 2.57. The van der Waals surface area contributed by atoms with Gasteiger partial charge in [0.15, 0.2) is 0 Å². The maximum atomic E-state index is 13.6. The first-order chi connectivity index (χ1) is 13.5. The molecule has 5 rings (SSSR count). The van der Waals surface area contributed by atoms with Gasteiger partial charge in [0.2, 0.25) is 5.66 Å². The quantitative estimate of drug-likeness (QED) is 0.545. The zero-order valence-corrected chi connectivity index (χ0v) is 16.7. The van der Waals surface area contributed by atoms with Gasteiger partial charge in [0.1, 0.15) is 0 Å². The molecule has 7 heteroatoms. The molecule has 1 atom stereocenters. The van der Waals surface area contributed by atoms with Crippen molar-refractivity contribution in [1.29, 1.82) is 0 Å². The van der Waals surface area contributed by atoms with Crippen LogP contribution in [0.5, 0.6) is 0 Å². The molecule has 28 heavy (non-hydrogen) atoms. The number of halogens is 2. The Morgan fingerprint density at radius 3 is 2.46 bits per heavy atom. The van der Waals surface area contributed by atoms with Crippen LogP contribution in [0, 0.1) is 0 Å². The van der Waals surface area contributed by atoms with Gasteiger partial charge in [-0.15, -0.1) is 0 Å². The molecule has 2 amide bonds. The number of carbonyl (C=O) groups is 2. The predicted octanol–water partition coefficient (Wildman–Crippen LogP) is 4.98. The van der Waals surface area contributed by atoms with Crippen LogP contribution in [0.2, 0.25) is 5.02 Å². The first-order valence-corrected chi connectivity index (χ1v) is 9.76. The van der Waals surface area contributed by atoms with Crippen LogP contribution < -0.4 is 15.5 Å². The fraction of sp³-hybridized carbons (Fsp3) is 0.0476. The molecule has 0 aliphatic carbocycles. The summed E-state index contributed by atoms with van der Waals surface area (Å²) in [6.07, 6.45) is 0. The van der Waals surface area contributed by atoms with Crippen LogP contribution in [0.4, 0.5) is 17.1 Å². The number of amides is 2. The van der Waals surface area contributed by atoms with Gasteiger partial charge in [0, 0.05) is 32.1 Å². The summed E-state index contributed by atoms with van der Waals surface area (Å²) in [7, 11) is 0. The van der Waals surface area contributed by atoms with E-state index in [0.29, 0.717) is 33.2 Å². The Morgan fingerprint density at radius 2 is 1.68 bits per heavy atom. The van der Waals surface area contributed by atoms with Gasteiger partial charge in [-0.1, -0.05) is 39.7 Å². The number of benzene rings is 3. The van der Waals surface area contributed by atoms with Gasteiger partial charge in [-0.3, -0.25) is 14.5 Å². The standard InChI is InChI=1S/C21H13BrClN3O2/c22-12-5-10-18-16(11-12)21(20(28)24-18)25-17-4-2-1-3-15(17)19(27)26(21)14-8-6-13(23)7-9-14/h1-11,25H,(H,24,28). The predicted molar refractivity (Wildman–Crippen MR) is 113 cm³/mol. The van der Waals surface area contributed by atoms with E-state index >= 15 is 0 Å². The second-order valence-corrected chi connectivity index (χ2v) is 7.99. The molecule has 2 heterocycles. The number of nitrogens with one attached hydrogen (secondary N) is 2. The highest BCUT2D eigenvalue weighted by Crippen LogP contribution is 2.47. The van der Waals surface area contributed by atoms with Crippen molar-refractivity contribution in [3.63, 3.8) is 0 Å². The first kappa shape index (κ1) is 17.3. The molecule has 0 saturated carbocycles. The summed E-state index contributed by atoms with van der Waals surface area (Å²) in [5.74, 6) is -0.585. The summed E-state index contributed by atoms with van der Waals surface area (Å²) in [4.78, 5) is 28.4. The molecule has 1 spiro atoms. The number of hydrogen-bond donors (Lipinski definition) is 2. The molecule has 138 valence electrons. The number of carbonyl (C=O) groups excluding carboxylic acids is 2. The van der Waals surface area contributed by atoms with Gasteiger partial charge in [-0.25, -0.2) is 0 Å². The van der Waals surface area contributed by atoms with E-state index in [9.17, 15) is 9.59 Å². The average molecular weight is 455 g/mol. The molecular weight excluding hydrogens is 442 g/mol. The summed E-state index contributed by atoms with van der Waals surface area (Å²) in [6, 6.07) is 19.6. The molecule has 0 aromatic heterocycles. The SMILES string of the molecule is O=C1c2ccccc2NC2(C(=O)Nc3ccc(Br)cc32)N1c1ccc(Cl)cc1. The minimum atomic E-state index is -1.40. The second-order valence-electron chi connectivity index (χ2n) is 6.64. The van der Waals surface area contributed by atoms with E-state index in [-0.39, 0.29) is 11.8 Å². The number of fused-ring (bicyclic) bond motifs is 3. The number of para-hydroxylation sites is 1. The molecule has 5 nitrogen and oxygen atoms in total. The maximum absolute atomic E-state index is 13.6. The third kappa shape index (κ3) is 2.31. The molecule has 3 aromatic rings. The molecule has 2 aliphatic rings. The Kier molecular flexibility index (Phi) is 3.76. The molecule has 0 radical (unpaired) electrons. The largest absolute Gasteiger partial charge is 0.350 e. The van der Waals surface area contributed by atoms with Gasteiger partial charge in [0.05, 0.1) is 5.56 Å². The third-order valence-corrected chi connectivity index (χ3v) is 5.79. The molecule has 2 aliphatic heterocycles. The zero-order valence-electron chi connectivity index (χ0n) is 14.4. The zero-order chi connectivity index (χ0) is 19.5. The van der Waals surface area contributed by atoms with E-state index in [1.54, 1.807) is 42.5 Å². The van der Waals surface area contributed by atoms with Crippen LogP contribution in [0.3, 0.4) is 0 Å². The van der Waals surface area contributed by atoms with Crippen molar-refractivity contribution in [3.05, 3.63) is 87.4 Å². The lowest BCUT2D eigenvalue weighted by atomic mass is 9.92. The van der Waals surface area contributed by atoms with Crippen molar-refractivity contribution in [2.24, 2.45) is 0 Å². The second kappa shape index (κ2) is 6.09. The lowest BCUT2D eigenvalue weighted by Gasteiger charge is -2.44. The van der Waals surface area contributed by atoms with Crippen molar-refractivity contribution in [2.75, 3.05) is 15.5 Å². The molecule has 2 N–H and O–H groups in total. The monoisotopic (exact) mass is 453 g/mol. The number of hydrogen-bond acceptors (Lipinski definition) is 3. The summed E-state index contributed by atoms with van der Waals surface area (Å²) in [5, 5.41) is 6.79. The highest BCUT2D eigenvalue weighted by molar-refractivity contribution is 9.10. The molecule has 3 aromatic carbocycles. The fourth-order valence-corrected chi connectivity index (χ4v) is 4.30. The first-order valence-electron chi connectivity index (χ1n) is 8.59. The van der Waals surface area contributed by atoms with Crippen LogP contribution in [0.15, 0.2) is 71.2 Å². The topological polar surface area (TPSA) is 61.4 Å². The highest BCUT2D eigenvalue weighted by atomic mass is 79.9. The minimum Gasteiger partial charge on any atom is -0.350 e. The fourth-order valence-electron chi connectivity index (χ4n) is 3.81. The van der Waals surface area contributed by atoms with E-state index in [1.807, 2.05) is 24.3 Å². The lowest BCUT2D eigenvalue weighted by Crippen LogP contribution is -2.61. The van der Waals surface area contributed by atoms with Crippen LogP contribution in [-0.4, -0.2) is 11.8 Å². The van der Waals surface area contributed by atoms with E-state index in [2.05, 4.69) is 26.6 Å². The Morgan fingerprint density at radius 1 is 0.929 bits per heavy atom. The van der Waals surface area contributed by atoms with E-state index in [0.717, 1.165) is 4.47 Å². The van der Waals surface area contributed by atoms with Crippen LogP contribution in [0.1, 0.15) is 15.9 Å². The van der Waals surface area contributed by atoms with Gasteiger partial charge in [-0.2, -0.15) is 0 Å². The van der Waals surface area contributed by atoms with E-state index in [4.69, 9.17) is 11.6 Å². The molecular formula is C21H13BrClN3O2. The lowest BCUT2D eigenvalue weighted by molar-refractivity contribution is -0.119. The maximum Gasteiger partial charge on any atom is 0.276 e. The Balaban J connectivity index is 1.82. The summed E-state index contributed by atoms with van der Waals surface area (Å²) in [5.41, 5.74) is 1.61. The van der Waals surface area contributed by atoms with Gasteiger partial charge < -0.3 is 10.6 Å². The van der Waals surface area contributed by atoms with Gasteiger partial charge in [0.25, 0.3) is 11.8 Å².